The van der Waals surface area contributed by atoms with Crippen LogP contribution in [0.3, 0.4) is 0 Å². The van der Waals surface area contributed by atoms with Crippen LogP contribution in [-0.2, 0) is 0 Å². The van der Waals surface area contributed by atoms with E-state index in [2.05, 4.69) is 25.8 Å². The van der Waals surface area contributed by atoms with Gasteiger partial charge >= 0.3 is 0 Å². The van der Waals surface area contributed by atoms with Crippen molar-refractivity contribution in [2.75, 3.05) is 14.1 Å². The first-order valence-electron chi connectivity index (χ1n) is 3.91. The predicted molar refractivity (Wildman–Crippen MR) is 65.1 cm³/mol. The molecule has 0 heterocycles. The summed E-state index contributed by atoms with van der Waals surface area (Å²) < 4.78 is 0. The van der Waals surface area contributed by atoms with Crippen LogP contribution in [0.15, 0.2) is 4.99 Å². The molecule has 2 N–H and O–H groups in total. The average Bonchev–Trinajstić information content (AvgIpc) is 1.87. The van der Waals surface area contributed by atoms with Crippen molar-refractivity contribution in [2.45, 2.75) is 32.7 Å². The van der Waals surface area contributed by atoms with Crippen LogP contribution in [-0.4, -0.2) is 30.5 Å². The SMILES string of the molecule is CCC(C)(C)N=C(N)N(C)C.I. The van der Waals surface area contributed by atoms with E-state index >= 15 is 0 Å². The summed E-state index contributed by atoms with van der Waals surface area (Å²) in [5, 5.41) is 0. The molecule has 0 aliphatic carbocycles. The van der Waals surface area contributed by atoms with Crippen molar-refractivity contribution in [1.29, 1.82) is 0 Å². The lowest BCUT2D eigenvalue weighted by atomic mass is 10.0. The van der Waals surface area contributed by atoms with Gasteiger partial charge in [0.1, 0.15) is 0 Å². The van der Waals surface area contributed by atoms with Gasteiger partial charge in [-0.1, -0.05) is 6.92 Å². The molecule has 0 aliphatic heterocycles. The van der Waals surface area contributed by atoms with Gasteiger partial charge in [0, 0.05) is 14.1 Å². The molecule has 0 bridgehead atoms. The highest BCUT2D eigenvalue weighted by Gasteiger charge is 2.13. The maximum atomic E-state index is 5.65. The molecule has 0 aromatic heterocycles. The van der Waals surface area contributed by atoms with E-state index < -0.39 is 0 Å². The van der Waals surface area contributed by atoms with Crippen molar-refractivity contribution >= 4 is 29.9 Å². The number of nitrogens with zero attached hydrogens (tertiary/aromatic N) is 2. The second kappa shape index (κ2) is 5.61. The van der Waals surface area contributed by atoms with Crippen molar-refractivity contribution in [3.8, 4) is 0 Å². The third kappa shape index (κ3) is 5.62. The largest absolute Gasteiger partial charge is 0.370 e. The maximum absolute atomic E-state index is 5.65. The number of hydrogen-bond acceptors (Lipinski definition) is 1. The molecule has 0 rings (SSSR count). The van der Waals surface area contributed by atoms with Crippen molar-refractivity contribution in [1.82, 2.24) is 4.90 Å². The van der Waals surface area contributed by atoms with Crippen molar-refractivity contribution in [3.05, 3.63) is 0 Å². The molecular formula is C8H20IN3. The molecule has 0 unspecified atom stereocenters. The Labute approximate surface area is 92.4 Å². The quantitative estimate of drug-likeness (QED) is 0.476. The highest BCUT2D eigenvalue weighted by atomic mass is 127. The van der Waals surface area contributed by atoms with Crippen LogP contribution in [0.4, 0.5) is 0 Å². The van der Waals surface area contributed by atoms with Crippen LogP contribution in [0.5, 0.6) is 0 Å². The molecule has 0 amide bonds. The van der Waals surface area contributed by atoms with E-state index in [-0.39, 0.29) is 29.5 Å². The molecule has 0 radical (unpaired) electrons. The van der Waals surface area contributed by atoms with Crippen LogP contribution in [0.1, 0.15) is 27.2 Å². The molecule has 4 heteroatoms. The third-order valence-corrected chi connectivity index (χ3v) is 1.74. The molecular weight excluding hydrogens is 265 g/mol. The smallest absolute Gasteiger partial charge is 0.191 e. The number of guanidine groups is 1. The third-order valence-electron chi connectivity index (χ3n) is 1.74. The van der Waals surface area contributed by atoms with Crippen molar-refractivity contribution < 1.29 is 0 Å². The molecule has 0 aromatic rings. The average molecular weight is 285 g/mol. The Morgan fingerprint density at radius 3 is 2.08 bits per heavy atom. The van der Waals surface area contributed by atoms with Gasteiger partial charge < -0.3 is 10.6 Å². The fourth-order valence-corrected chi connectivity index (χ4v) is 0.489. The van der Waals surface area contributed by atoms with Gasteiger partial charge in [-0.15, -0.1) is 24.0 Å². The standard InChI is InChI=1S/C8H19N3.HI/c1-6-8(2,3)10-7(9)11(4)5;/h6H2,1-5H3,(H2,9,10);1H. The van der Waals surface area contributed by atoms with E-state index in [9.17, 15) is 0 Å². The minimum absolute atomic E-state index is 0. The maximum Gasteiger partial charge on any atom is 0.191 e. The second-order valence-corrected chi connectivity index (χ2v) is 3.53. The molecule has 12 heavy (non-hydrogen) atoms. The minimum atomic E-state index is -0.0334. The normalized spacial score (nSPS) is 12.2. The van der Waals surface area contributed by atoms with Gasteiger partial charge in [-0.2, -0.15) is 0 Å². The van der Waals surface area contributed by atoms with Crippen LogP contribution in [0, 0.1) is 0 Å². The first-order valence-corrected chi connectivity index (χ1v) is 3.91. The molecule has 0 aromatic carbocycles. The second-order valence-electron chi connectivity index (χ2n) is 3.53. The van der Waals surface area contributed by atoms with Crippen LogP contribution in [0.2, 0.25) is 0 Å². The van der Waals surface area contributed by atoms with Gasteiger partial charge in [0.2, 0.25) is 0 Å². The van der Waals surface area contributed by atoms with E-state index in [4.69, 9.17) is 5.73 Å². The Kier molecular flexibility index (Phi) is 6.79. The zero-order chi connectivity index (χ0) is 9.07. The number of halogens is 1. The summed E-state index contributed by atoms with van der Waals surface area (Å²) in [6, 6.07) is 0. The number of nitrogens with two attached hydrogens (primary N) is 1. The highest BCUT2D eigenvalue weighted by molar-refractivity contribution is 14.0. The Bertz CT molecular complexity index is 152. The van der Waals surface area contributed by atoms with E-state index in [1.807, 2.05) is 19.0 Å². The molecule has 74 valence electrons. The van der Waals surface area contributed by atoms with Crippen LogP contribution < -0.4 is 5.73 Å². The minimum Gasteiger partial charge on any atom is -0.370 e. The highest BCUT2D eigenvalue weighted by Crippen LogP contribution is 2.12. The fourth-order valence-electron chi connectivity index (χ4n) is 0.489. The molecule has 0 atom stereocenters. The van der Waals surface area contributed by atoms with Crippen LogP contribution in [0.25, 0.3) is 0 Å². The topological polar surface area (TPSA) is 41.6 Å². The summed E-state index contributed by atoms with van der Waals surface area (Å²) in [5.74, 6) is 0.594. The van der Waals surface area contributed by atoms with E-state index in [1.54, 1.807) is 0 Å². The lowest BCUT2D eigenvalue weighted by Gasteiger charge is -2.20. The van der Waals surface area contributed by atoms with E-state index in [1.165, 1.54) is 0 Å². The fraction of sp³-hybridized carbons (Fsp3) is 0.875. The molecule has 0 saturated carbocycles. The summed E-state index contributed by atoms with van der Waals surface area (Å²) in [4.78, 5) is 6.16. The van der Waals surface area contributed by atoms with Crippen molar-refractivity contribution in [3.63, 3.8) is 0 Å². The summed E-state index contributed by atoms with van der Waals surface area (Å²) in [6.07, 6.45) is 1.00. The van der Waals surface area contributed by atoms with E-state index in [0.717, 1.165) is 6.42 Å². The summed E-state index contributed by atoms with van der Waals surface area (Å²) in [5.41, 5.74) is 5.62. The lowest BCUT2D eigenvalue weighted by Crippen LogP contribution is -2.34. The van der Waals surface area contributed by atoms with Gasteiger partial charge in [-0.3, -0.25) is 0 Å². The van der Waals surface area contributed by atoms with Gasteiger partial charge in [-0.25, -0.2) is 4.99 Å². The Balaban J connectivity index is 0. The van der Waals surface area contributed by atoms with Gasteiger partial charge in [0.25, 0.3) is 0 Å². The first-order chi connectivity index (χ1) is 4.89. The van der Waals surface area contributed by atoms with Crippen LogP contribution >= 0.6 is 24.0 Å². The van der Waals surface area contributed by atoms with Gasteiger partial charge in [0.05, 0.1) is 5.54 Å². The number of hydrogen-bond donors (Lipinski definition) is 1. The van der Waals surface area contributed by atoms with Gasteiger partial charge in [0.15, 0.2) is 5.96 Å². The summed E-state index contributed by atoms with van der Waals surface area (Å²) >= 11 is 0. The number of aliphatic imine (C=N–C) groups is 1. The first kappa shape index (κ1) is 14.5. The molecule has 0 aliphatic rings. The van der Waals surface area contributed by atoms with Crippen molar-refractivity contribution in [2.24, 2.45) is 10.7 Å². The molecule has 0 saturated heterocycles. The zero-order valence-corrected chi connectivity index (χ0v) is 10.9. The summed E-state index contributed by atoms with van der Waals surface area (Å²) in [6.45, 7) is 6.25. The molecule has 0 fully saturated rings. The Morgan fingerprint density at radius 2 is 1.83 bits per heavy atom. The van der Waals surface area contributed by atoms with Gasteiger partial charge in [-0.05, 0) is 20.3 Å². The molecule has 0 spiro atoms. The van der Waals surface area contributed by atoms with E-state index in [0.29, 0.717) is 5.96 Å². The summed E-state index contributed by atoms with van der Waals surface area (Å²) in [7, 11) is 3.79. The number of rotatable bonds is 2. The predicted octanol–water partition coefficient (Wildman–Crippen LogP) is 1.67. The lowest BCUT2D eigenvalue weighted by molar-refractivity contribution is 0.486. The molecule has 3 nitrogen and oxygen atoms in total. The Morgan fingerprint density at radius 1 is 1.42 bits per heavy atom. The Hall–Kier alpha value is 0. The zero-order valence-electron chi connectivity index (χ0n) is 8.59. The monoisotopic (exact) mass is 285 g/mol.